The Morgan fingerprint density at radius 2 is 1.81 bits per heavy atom. The van der Waals surface area contributed by atoms with Crippen molar-refractivity contribution in [2.45, 2.75) is 110 Å². The molecule has 0 aromatic heterocycles. The van der Waals surface area contributed by atoms with Crippen LogP contribution >= 0.6 is 0 Å². The van der Waals surface area contributed by atoms with Gasteiger partial charge in [0.15, 0.2) is 5.78 Å². The second kappa shape index (κ2) is 8.20. The highest BCUT2D eigenvalue weighted by atomic mass is 16.3. The number of aliphatic hydroxyl groups excluding tert-OH is 2. The second-order valence-electron chi connectivity index (χ2n) is 12.8. The normalized spacial score (nSPS) is 49.3. The molecule has 4 aliphatic carbocycles. The van der Waals surface area contributed by atoms with Crippen molar-refractivity contribution >= 4 is 5.78 Å². The monoisotopic (exact) mass is 446 g/mol. The number of rotatable bonds is 5. The van der Waals surface area contributed by atoms with Gasteiger partial charge in [0.25, 0.3) is 0 Å². The maximum Gasteiger partial charge on any atom is 0.165 e. The third kappa shape index (κ3) is 3.38. The standard InChI is InChI=1S/C28H46O4/c1-16(2)17(3)7-8-18(4)21-9-10-22-20-14-25(31)28(32)15-19(29)13-24(30)27(28,6)23(20)11-12-26(21,22)5/h16,18-24,29-30,32H,3,7-15H2,1-2,4-6H3/t18-,19?,20+,21-,22+,23+,24?,26-,27+,28?/m1/s1. The molecule has 3 unspecified atom stereocenters. The van der Waals surface area contributed by atoms with E-state index >= 15 is 0 Å². The largest absolute Gasteiger partial charge is 0.393 e. The summed E-state index contributed by atoms with van der Waals surface area (Å²) in [5.74, 6) is 2.55. The molecule has 4 nitrogen and oxygen atoms in total. The van der Waals surface area contributed by atoms with Gasteiger partial charge in [0.2, 0.25) is 0 Å². The van der Waals surface area contributed by atoms with Gasteiger partial charge in [-0.25, -0.2) is 0 Å². The Kier molecular flexibility index (Phi) is 6.26. The second-order valence-corrected chi connectivity index (χ2v) is 12.8. The van der Waals surface area contributed by atoms with Crippen LogP contribution in [0.1, 0.15) is 92.4 Å². The number of allylic oxidation sites excluding steroid dienone is 1. The van der Waals surface area contributed by atoms with Crippen LogP contribution in [0.5, 0.6) is 0 Å². The highest BCUT2D eigenvalue weighted by molar-refractivity contribution is 5.90. The Bertz CT molecular complexity index is 761. The number of ketones is 1. The predicted octanol–water partition coefficient (Wildman–Crippen LogP) is 4.90. The molecular weight excluding hydrogens is 400 g/mol. The van der Waals surface area contributed by atoms with E-state index < -0.39 is 23.2 Å². The van der Waals surface area contributed by atoms with E-state index in [0.29, 0.717) is 30.1 Å². The van der Waals surface area contributed by atoms with Gasteiger partial charge in [-0.3, -0.25) is 4.79 Å². The van der Waals surface area contributed by atoms with Crippen LogP contribution in [-0.2, 0) is 4.79 Å². The molecule has 3 N–H and O–H groups in total. The summed E-state index contributed by atoms with van der Waals surface area (Å²) >= 11 is 0. The fourth-order valence-electron chi connectivity index (χ4n) is 8.97. The van der Waals surface area contributed by atoms with E-state index in [4.69, 9.17) is 0 Å². The van der Waals surface area contributed by atoms with Gasteiger partial charge in [-0.05, 0) is 79.4 Å². The highest BCUT2D eigenvalue weighted by Crippen LogP contribution is 2.68. The minimum atomic E-state index is -1.60. The quantitative estimate of drug-likeness (QED) is 0.525. The van der Waals surface area contributed by atoms with Crippen molar-refractivity contribution in [3.05, 3.63) is 12.2 Å². The van der Waals surface area contributed by atoms with Crippen LogP contribution < -0.4 is 0 Å². The fraction of sp³-hybridized carbons (Fsp3) is 0.893. The Morgan fingerprint density at radius 1 is 1.12 bits per heavy atom. The molecule has 0 amide bonds. The average molecular weight is 447 g/mol. The number of hydrogen-bond acceptors (Lipinski definition) is 4. The van der Waals surface area contributed by atoms with Gasteiger partial charge in [-0.2, -0.15) is 0 Å². The van der Waals surface area contributed by atoms with Gasteiger partial charge in [-0.1, -0.05) is 46.8 Å². The molecular formula is C28H46O4. The fourth-order valence-corrected chi connectivity index (χ4v) is 8.97. The lowest BCUT2D eigenvalue weighted by molar-refractivity contribution is -0.245. The molecule has 32 heavy (non-hydrogen) atoms. The number of aliphatic hydroxyl groups is 3. The molecule has 4 saturated carbocycles. The van der Waals surface area contributed by atoms with Crippen LogP contribution in [-0.4, -0.2) is 38.9 Å². The van der Waals surface area contributed by atoms with Crippen LogP contribution in [0.15, 0.2) is 12.2 Å². The van der Waals surface area contributed by atoms with E-state index in [0.717, 1.165) is 25.7 Å². The van der Waals surface area contributed by atoms with Crippen LogP contribution in [0.2, 0.25) is 0 Å². The van der Waals surface area contributed by atoms with Gasteiger partial charge in [0, 0.05) is 24.7 Å². The van der Waals surface area contributed by atoms with Gasteiger partial charge in [0.1, 0.15) is 5.60 Å². The summed E-state index contributed by atoms with van der Waals surface area (Å²) < 4.78 is 0. The van der Waals surface area contributed by atoms with Crippen LogP contribution in [0, 0.1) is 46.3 Å². The first-order valence-electron chi connectivity index (χ1n) is 13.2. The van der Waals surface area contributed by atoms with Crippen molar-refractivity contribution in [3.8, 4) is 0 Å². The Labute approximate surface area is 194 Å². The molecule has 0 aliphatic heterocycles. The summed E-state index contributed by atoms with van der Waals surface area (Å²) in [6.45, 7) is 15.5. The van der Waals surface area contributed by atoms with Gasteiger partial charge < -0.3 is 15.3 Å². The zero-order chi connectivity index (χ0) is 23.6. The zero-order valence-corrected chi connectivity index (χ0v) is 20.9. The van der Waals surface area contributed by atoms with Crippen molar-refractivity contribution in [2.75, 3.05) is 0 Å². The molecule has 0 aromatic rings. The smallest absolute Gasteiger partial charge is 0.165 e. The van der Waals surface area contributed by atoms with Crippen LogP contribution in [0.4, 0.5) is 0 Å². The lowest BCUT2D eigenvalue weighted by Crippen LogP contribution is -2.71. The number of carbonyl (C=O) groups excluding carboxylic acids is 1. The van der Waals surface area contributed by atoms with E-state index in [1.807, 2.05) is 6.92 Å². The highest BCUT2D eigenvalue weighted by Gasteiger charge is 2.70. The van der Waals surface area contributed by atoms with E-state index in [-0.39, 0.29) is 35.9 Å². The van der Waals surface area contributed by atoms with E-state index in [2.05, 4.69) is 34.3 Å². The number of carbonyl (C=O) groups is 1. The first-order chi connectivity index (χ1) is 14.9. The molecule has 0 radical (unpaired) electrons. The number of Topliss-reactive ketones (excluding diaryl/α,β-unsaturated/α-hetero) is 1. The topological polar surface area (TPSA) is 77.8 Å². The van der Waals surface area contributed by atoms with Gasteiger partial charge >= 0.3 is 0 Å². The first kappa shape index (κ1) is 24.4. The maximum atomic E-state index is 13.4. The lowest BCUT2D eigenvalue weighted by Gasteiger charge is -2.64. The summed E-state index contributed by atoms with van der Waals surface area (Å²) in [4.78, 5) is 13.4. The minimum Gasteiger partial charge on any atom is -0.393 e. The van der Waals surface area contributed by atoms with E-state index in [1.165, 1.54) is 18.4 Å². The number of fused-ring (bicyclic) bond motifs is 5. The van der Waals surface area contributed by atoms with Crippen molar-refractivity contribution in [3.63, 3.8) is 0 Å². The third-order valence-corrected chi connectivity index (χ3v) is 11.2. The summed E-state index contributed by atoms with van der Waals surface area (Å²) in [7, 11) is 0. The summed E-state index contributed by atoms with van der Waals surface area (Å²) in [5, 5.41) is 32.9. The van der Waals surface area contributed by atoms with Crippen molar-refractivity contribution in [1.82, 2.24) is 0 Å². The molecule has 0 spiro atoms. The zero-order valence-electron chi connectivity index (χ0n) is 20.9. The van der Waals surface area contributed by atoms with E-state index in [1.54, 1.807) is 0 Å². The van der Waals surface area contributed by atoms with Crippen molar-refractivity contribution in [2.24, 2.45) is 46.3 Å². The summed E-state index contributed by atoms with van der Waals surface area (Å²) in [5.41, 5.74) is -0.877. The Hall–Kier alpha value is -0.710. The van der Waals surface area contributed by atoms with Gasteiger partial charge in [-0.15, -0.1) is 0 Å². The number of hydrogen-bond donors (Lipinski definition) is 3. The maximum absolute atomic E-state index is 13.4. The summed E-state index contributed by atoms with van der Waals surface area (Å²) in [6.07, 6.45) is 5.81. The van der Waals surface area contributed by atoms with Crippen LogP contribution in [0.25, 0.3) is 0 Å². The summed E-state index contributed by atoms with van der Waals surface area (Å²) in [6, 6.07) is 0. The van der Waals surface area contributed by atoms with Crippen molar-refractivity contribution in [1.29, 1.82) is 0 Å². The Balaban J connectivity index is 1.57. The predicted molar refractivity (Wildman–Crippen MR) is 127 cm³/mol. The lowest BCUT2D eigenvalue weighted by atomic mass is 9.42. The molecule has 4 heteroatoms. The molecule has 4 rings (SSSR count). The SMILES string of the molecule is C=C(CC[C@@H](C)[C@H]1CC[C@H]2[C@@H]3CC(=O)C4(O)CC(O)CC(O)[C@]4(C)[C@H]3CC[C@]12C)C(C)C. The molecule has 0 heterocycles. The Morgan fingerprint density at radius 3 is 2.47 bits per heavy atom. The molecule has 4 fully saturated rings. The average Bonchev–Trinajstić information content (AvgIpc) is 3.06. The van der Waals surface area contributed by atoms with Crippen molar-refractivity contribution < 1.29 is 20.1 Å². The van der Waals surface area contributed by atoms with Gasteiger partial charge in [0.05, 0.1) is 12.2 Å². The molecule has 182 valence electrons. The van der Waals surface area contributed by atoms with E-state index in [9.17, 15) is 20.1 Å². The van der Waals surface area contributed by atoms with Crippen LogP contribution in [0.3, 0.4) is 0 Å². The molecule has 4 aliphatic rings. The third-order valence-electron chi connectivity index (χ3n) is 11.2. The molecule has 10 atom stereocenters. The molecule has 0 bridgehead atoms. The minimum absolute atomic E-state index is 0.0734. The first-order valence-corrected chi connectivity index (χ1v) is 13.2. The molecule has 0 saturated heterocycles. The molecule has 0 aromatic carbocycles.